The highest BCUT2D eigenvalue weighted by Crippen LogP contribution is 2.45. The number of ether oxygens (including phenoxy) is 1. The number of carbonyl (C=O) groups is 1. The summed E-state index contributed by atoms with van der Waals surface area (Å²) in [6, 6.07) is 0. The molecule has 4 heteroatoms. The fraction of sp³-hybridized carbons (Fsp3) is 0.923. The fourth-order valence-corrected chi connectivity index (χ4v) is 3.31. The van der Waals surface area contributed by atoms with Crippen LogP contribution in [0.5, 0.6) is 0 Å². The van der Waals surface area contributed by atoms with Gasteiger partial charge in [0.05, 0.1) is 6.10 Å². The zero-order valence-electron chi connectivity index (χ0n) is 10.9. The maximum atomic E-state index is 11.9. The Hall–Kier alpha value is -0.610. The van der Waals surface area contributed by atoms with E-state index in [2.05, 4.69) is 19.2 Å². The van der Waals surface area contributed by atoms with Crippen molar-refractivity contribution in [2.75, 3.05) is 13.2 Å². The molecule has 0 aromatic rings. The van der Waals surface area contributed by atoms with Crippen molar-refractivity contribution in [1.82, 2.24) is 5.32 Å². The highest BCUT2D eigenvalue weighted by Gasteiger charge is 2.53. The lowest BCUT2D eigenvalue weighted by atomic mass is 9.74. The monoisotopic (exact) mass is 240 g/mol. The summed E-state index contributed by atoms with van der Waals surface area (Å²) in [5.74, 6) is -0.210. The van der Waals surface area contributed by atoms with Gasteiger partial charge in [-0.05, 0) is 31.1 Å². The first-order valence-corrected chi connectivity index (χ1v) is 6.64. The predicted molar refractivity (Wildman–Crippen MR) is 66.5 cm³/mol. The van der Waals surface area contributed by atoms with Crippen LogP contribution in [-0.4, -0.2) is 30.7 Å². The quantitative estimate of drug-likeness (QED) is 0.776. The SMILES string of the molecule is CC1(C)CCCC1(NCC1CCCO1)C(N)=O. The lowest BCUT2D eigenvalue weighted by Crippen LogP contribution is -2.62. The van der Waals surface area contributed by atoms with E-state index in [0.717, 1.165) is 45.3 Å². The van der Waals surface area contributed by atoms with Crippen LogP contribution in [-0.2, 0) is 9.53 Å². The Kier molecular flexibility index (Phi) is 3.46. The zero-order chi connectivity index (χ0) is 12.5. The van der Waals surface area contributed by atoms with Crippen LogP contribution >= 0.6 is 0 Å². The molecule has 98 valence electrons. The van der Waals surface area contributed by atoms with E-state index in [4.69, 9.17) is 10.5 Å². The van der Waals surface area contributed by atoms with Crippen LogP contribution in [0.15, 0.2) is 0 Å². The number of rotatable bonds is 4. The fourth-order valence-electron chi connectivity index (χ4n) is 3.31. The molecule has 1 saturated heterocycles. The second kappa shape index (κ2) is 4.58. The molecule has 1 saturated carbocycles. The lowest BCUT2D eigenvalue weighted by Gasteiger charge is -2.40. The molecule has 2 fully saturated rings. The van der Waals surface area contributed by atoms with Crippen LogP contribution in [0.1, 0.15) is 46.0 Å². The maximum absolute atomic E-state index is 11.9. The zero-order valence-corrected chi connectivity index (χ0v) is 10.9. The van der Waals surface area contributed by atoms with Crippen LogP contribution in [0.25, 0.3) is 0 Å². The van der Waals surface area contributed by atoms with E-state index >= 15 is 0 Å². The normalized spacial score (nSPS) is 36.2. The molecule has 2 unspecified atom stereocenters. The molecule has 1 aliphatic carbocycles. The minimum absolute atomic E-state index is 0.0581. The number of primary amides is 1. The maximum Gasteiger partial charge on any atom is 0.238 e. The molecule has 0 spiro atoms. The number of hydrogen-bond donors (Lipinski definition) is 2. The molecule has 0 aromatic heterocycles. The van der Waals surface area contributed by atoms with E-state index in [1.165, 1.54) is 0 Å². The Labute approximate surface area is 103 Å². The minimum atomic E-state index is -0.543. The Bertz CT molecular complexity index is 298. The van der Waals surface area contributed by atoms with Gasteiger partial charge in [-0.25, -0.2) is 0 Å². The van der Waals surface area contributed by atoms with Crippen molar-refractivity contribution in [2.24, 2.45) is 11.1 Å². The Balaban J connectivity index is 2.04. The summed E-state index contributed by atoms with van der Waals surface area (Å²) in [7, 11) is 0. The molecule has 1 heterocycles. The Morgan fingerprint density at radius 3 is 2.65 bits per heavy atom. The number of nitrogens with two attached hydrogens (primary N) is 1. The summed E-state index contributed by atoms with van der Waals surface area (Å²) in [5.41, 5.74) is 5.05. The van der Waals surface area contributed by atoms with Crippen molar-refractivity contribution in [3.63, 3.8) is 0 Å². The predicted octanol–water partition coefficient (Wildman–Crippen LogP) is 1.19. The summed E-state index contributed by atoms with van der Waals surface area (Å²) >= 11 is 0. The molecular weight excluding hydrogens is 216 g/mol. The van der Waals surface area contributed by atoms with Gasteiger partial charge in [0.1, 0.15) is 5.54 Å². The standard InChI is InChI=1S/C13H24N2O2/c1-12(2)6-4-7-13(12,11(14)16)15-9-10-5-3-8-17-10/h10,15H,3-9H2,1-2H3,(H2,14,16). The topological polar surface area (TPSA) is 64.3 Å². The van der Waals surface area contributed by atoms with E-state index in [1.807, 2.05) is 0 Å². The van der Waals surface area contributed by atoms with E-state index < -0.39 is 5.54 Å². The van der Waals surface area contributed by atoms with Gasteiger partial charge in [0, 0.05) is 13.2 Å². The van der Waals surface area contributed by atoms with Crippen LogP contribution < -0.4 is 11.1 Å². The summed E-state index contributed by atoms with van der Waals surface area (Å²) in [6.45, 7) is 5.85. The smallest absolute Gasteiger partial charge is 0.238 e. The third-order valence-corrected chi connectivity index (χ3v) is 4.59. The van der Waals surface area contributed by atoms with Crippen molar-refractivity contribution >= 4 is 5.91 Å². The molecule has 0 radical (unpaired) electrons. The molecule has 0 bridgehead atoms. The van der Waals surface area contributed by atoms with Crippen LogP contribution in [0.4, 0.5) is 0 Å². The van der Waals surface area contributed by atoms with Crippen molar-refractivity contribution in [3.8, 4) is 0 Å². The van der Waals surface area contributed by atoms with Gasteiger partial charge in [-0.1, -0.05) is 20.3 Å². The first-order chi connectivity index (χ1) is 7.98. The summed E-state index contributed by atoms with van der Waals surface area (Å²) in [4.78, 5) is 11.9. The van der Waals surface area contributed by atoms with E-state index in [-0.39, 0.29) is 17.4 Å². The number of amides is 1. The molecular formula is C13H24N2O2. The van der Waals surface area contributed by atoms with Gasteiger partial charge < -0.3 is 15.8 Å². The molecule has 2 aliphatic rings. The average molecular weight is 240 g/mol. The molecule has 1 aliphatic heterocycles. The third kappa shape index (κ3) is 2.20. The van der Waals surface area contributed by atoms with Crippen molar-refractivity contribution < 1.29 is 9.53 Å². The van der Waals surface area contributed by atoms with E-state index in [1.54, 1.807) is 0 Å². The first-order valence-electron chi connectivity index (χ1n) is 6.64. The summed E-state index contributed by atoms with van der Waals surface area (Å²) < 4.78 is 5.59. The Morgan fingerprint density at radius 1 is 1.41 bits per heavy atom. The van der Waals surface area contributed by atoms with Gasteiger partial charge >= 0.3 is 0 Å². The summed E-state index contributed by atoms with van der Waals surface area (Å²) in [6.07, 6.45) is 5.43. The minimum Gasteiger partial charge on any atom is -0.377 e. The number of nitrogens with one attached hydrogen (secondary N) is 1. The second-order valence-corrected chi connectivity index (χ2v) is 6.02. The van der Waals surface area contributed by atoms with Crippen molar-refractivity contribution in [3.05, 3.63) is 0 Å². The highest BCUT2D eigenvalue weighted by atomic mass is 16.5. The van der Waals surface area contributed by atoms with Gasteiger partial charge in [-0.2, -0.15) is 0 Å². The largest absolute Gasteiger partial charge is 0.377 e. The molecule has 3 N–H and O–H groups in total. The molecule has 0 aromatic carbocycles. The average Bonchev–Trinajstić information content (AvgIpc) is 2.83. The van der Waals surface area contributed by atoms with E-state index in [9.17, 15) is 4.79 Å². The molecule has 4 nitrogen and oxygen atoms in total. The van der Waals surface area contributed by atoms with Gasteiger partial charge in [0.25, 0.3) is 0 Å². The van der Waals surface area contributed by atoms with Gasteiger partial charge in [0.2, 0.25) is 5.91 Å². The Morgan fingerprint density at radius 2 is 2.18 bits per heavy atom. The molecule has 17 heavy (non-hydrogen) atoms. The number of carbonyl (C=O) groups excluding carboxylic acids is 1. The second-order valence-electron chi connectivity index (χ2n) is 6.02. The first kappa shape index (κ1) is 12.8. The van der Waals surface area contributed by atoms with Gasteiger partial charge in [-0.15, -0.1) is 0 Å². The van der Waals surface area contributed by atoms with Crippen LogP contribution in [0.3, 0.4) is 0 Å². The van der Waals surface area contributed by atoms with Crippen LogP contribution in [0.2, 0.25) is 0 Å². The van der Waals surface area contributed by atoms with Crippen molar-refractivity contribution in [2.45, 2.75) is 57.6 Å². The molecule has 1 amide bonds. The van der Waals surface area contributed by atoms with Crippen LogP contribution in [0, 0.1) is 5.41 Å². The third-order valence-electron chi connectivity index (χ3n) is 4.59. The van der Waals surface area contributed by atoms with Crippen molar-refractivity contribution in [1.29, 1.82) is 0 Å². The highest BCUT2D eigenvalue weighted by molar-refractivity contribution is 5.86. The molecule has 2 rings (SSSR count). The number of hydrogen-bond acceptors (Lipinski definition) is 3. The van der Waals surface area contributed by atoms with Gasteiger partial charge in [-0.3, -0.25) is 4.79 Å². The van der Waals surface area contributed by atoms with Gasteiger partial charge in [0.15, 0.2) is 0 Å². The summed E-state index contributed by atoms with van der Waals surface area (Å²) in [5, 5.41) is 3.43. The molecule has 2 atom stereocenters. The van der Waals surface area contributed by atoms with E-state index in [0.29, 0.717) is 0 Å². The lowest BCUT2D eigenvalue weighted by molar-refractivity contribution is -0.128.